The Kier molecular flexibility index (Phi) is 5.17. The van der Waals surface area contributed by atoms with Crippen LogP contribution >= 0.6 is 0 Å². The van der Waals surface area contributed by atoms with Crippen LogP contribution in [0.5, 0.6) is 5.75 Å². The van der Waals surface area contributed by atoms with Crippen molar-refractivity contribution in [2.45, 2.75) is 6.42 Å². The van der Waals surface area contributed by atoms with Crippen molar-refractivity contribution in [3.05, 3.63) is 29.8 Å². The highest BCUT2D eigenvalue weighted by Crippen LogP contribution is 2.13. The van der Waals surface area contributed by atoms with E-state index in [1.807, 2.05) is 18.2 Å². The summed E-state index contributed by atoms with van der Waals surface area (Å²) in [6.07, 6.45) is 0.227. The molecule has 0 atom stereocenters. The average molecular weight is 251 g/mol. The summed E-state index contributed by atoms with van der Waals surface area (Å²) in [5, 5.41) is 0. The molecule has 0 saturated heterocycles. The van der Waals surface area contributed by atoms with Crippen molar-refractivity contribution in [1.82, 2.24) is 4.90 Å². The monoisotopic (exact) mass is 251 g/mol. The molecule has 0 fully saturated rings. The zero-order chi connectivity index (χ0) is 13.5. The van der Waals surface area contributed by atoms with Crippen molar-refractivity contribution >= 4 is 11.9 Å². The highest BCUT2D eigenvalue weighted by atomic mass is 16.5. The van der Waals surface area contributed by atoms with E-state index in [0.29, 0.717) is 5.75 Å². The second kappa shape index (κ2) is 6.64. The number of hydrogen-bond donors (Lipinski definition) is 0. The highest BCUT2D eigenvalue weighted by Gasteiger charge is 2.13. The molecule has 0 heterocycles. The smallest absolute Gasteiger partial charge is 0.325 e. The van der Waals surface area contributed by atoms with Gasteiger partial charge >= 0.3 is 5.97 Å². The molecular formula is C13H17NO4. The Morgan fingerprint density at radius 3 is 2.61 bits per heavy atom. The van der Waals surface area contributed by atoms with Crippen molar-refractivity contribution in [3.63, 3.8) is 0 Å². The van der Waals surface area contributed by atoms with Gasteiger partial charge in [0.15, 0.2) is 0 Å². The number of rotatable bonds is 5. The minimum Gasteiger partial charge on any atom is -0.497 e. The van der Waals surface area contributed by atoms with Gasteiger partial charge in [-0.2, -0.15) is 0 Å². The summed E-state index contributed by atoms with van der Waals surface area (Å²) in [4.78, 5) is 24.2. The molecule has 0 radical (unpaired) electrons. The molecule has 0 saturated carbocycles. The minimum absolute atomic E-state index is 0.0424. The summed E-state index contributed by atoms with van der Waals surface area (Å²) in [7, 11) is 4.44. The molecule has 5 heteroatoms. The molecule has 98 valence electrons. The lowest BCUT2D eigenvalue weighted by Crippen LogP contribution is -2.33. The van der Waals surface area contributed by atoms with Crippen LogP contribution in [0, 0.1) is 0 Å². The maximum absolute atomic E-state index is 11.8. The van der Waals surface area contributed by atoms with Crippen molar-refractivity contribution < 1.29 is 19.1 Å². The predicted octanol–water partition coefficient (Wildman–Crippen LogP) is 0.869. The van der Waals surface area contributed by atoms with Gasteiger partial charge in [0.2, 0.25) is 5.91 Å². The number of hydrogen-bond acceptors (Lipinski definition) is 4. The van der Waals surface area contributed by atoms with Gasteiger partial charge in [-0.15, -0.1) is 0 Å². The molecule has 1 aromatic carbocycles. The van der Waals surface area contributed by atoms with Gasteiger partial charge < -0.3 is 14.4 Å². The second-order valence-corrected chi connectivity index (χ2v) is 3.85. The summed E-state index contributed by atoms with van der Waals surface area (Å²) >= 11 is 0. The third-order valence-corrected chi connectivity index (χ3v) is 2.51. The predicted molar refractivity (Wildman–Crippen MR) is 66.4 cm³/mol. The van der Waals surface area contributed by atoms with Crippen LogP contribution in [-0.2, 0) is 20.7 Å². The van der Waals surface area contributed by atoms with E-state index in [-0.39, 0.29) is 18.9 Å². The highest BCUT2D eigenvalue weighted by molar-refractivity contribution is 5.83. The van der Waals surface area contributed by atoms with Gasteiger partial charge in [0.05, 0.1) is 20.6 Å². The number of esters is 1. The van der Waals surface area contributed by atoms with Gasteiger partial charge in [0.1, 0.15) is 12.3 Å². The first-order valence-electron chi connectivity index (χ1n) is 5.50. The number of benzene rings is 1. The molecule has 1 amide bonds. The Balaban J connectivity index is 2.60. The number of methoxy groups -OCH3 is 2. The number of nitrogens with zero attached hydrogens (tertiary/aromatic N) is 1. The lowest BCUT2D eigenvalue weighted by Gasteiger charge is -2.15. The van der Waals surface area contributed by atoms with Crippen LogP contribution in [0.2, 0.25) is 0 Å². The van der Waals surface area contributed by atoms with Crippen molar-refractivity contribution in [3.8, 4) is 5.75 Å². The van der Waals surface area contributed by atoms with Gasteiger partial charge in [0, 0.05) is 7.05 Å². The van der Waals surface area contributed by atoms with Gasteiger partial charge in [0.25, 0.3) is 0 Å². The maximum atomic E-state index is 11.8. The van der Waals surface area contributed by atoms with Gasteiger partial charge in [-0.25, -0.2) is 0 Å². The lowest BCUT2D eigenvalue weighted by molar-refractivity contribution is -0.145. The van der Waals surface area contributed by atoms with E-state index in [9.17, 15) is 9.59 Å². The molecule has 1 aromatic rings. The second-order valence-electron chi connectivity index (χ2n) is 3.85. The Hall–Kier alpha value is -2.04. The lowest BCUT2D eigenvalue weighted by atomic mass is 10.1. The van der Waals surface area contributed by atoms with Gasteiger partial charge in [-0.05, 0) is 17.7 Å². The van der Waals surface area contributed by atoms with Crippen molar-refractivity contribution in [2.24, 2.45) is 0 Å². The van der Waals surface area contributed by atoms with E-state index in [4.69, 9.17) is 4.74 Å². The van der Waals surface area contributed by atoms with Gasteiger partial charge in [-0.1, -0.05) is 12.1 Å². The molecule has 0 aliphatic rings. The maximum Gasteiger partial charge on any atom is 0.325 e. The average Bonchev–Trinajstić information content (AvgIpc) is 2.38. The number of carbonyl (C=O) groups is 2. The molecule has 0 unspecified atom stereocenters. The van der Waals surface area contributed by atoms with Crippen LogP contribution in [0.25, 0.3) is 0 Å². The molecule has 0 aliphatic heterocycles. The number of ether oxygens (including phenoxy) is 2. The first kappa shape index (κ1) is 14.0. The number of amides is 1. The summed E-state index contributed by atoms with van der Waals surface area (Å²) in [5.74, 6) is 0.126. The van der Waals surface area contributed by atoms with Crippen LogP contribution in [-0.4, -0.2) is 44.6 Å². The molecular weight excluding hydrogens is 234 g/mol. The van der Waals surface area contributed by atoms with E-state index in [0.717, 1.165) is 5.56 Å². The third-order valence-electron chi connectivity index (χ3n) is 2.51. The summed E-state index contributed by atoms with van der Waals surface area (Å²) in [5.41, 5.74) is 0.844. The summed E-state index contributed by atoms with van der Waals surface area (Å²) in [6, 6.07) is 7.27. The van der Waals surface area contributed by atoms with Crippen molar-refractivity contribution in [1.29, 1.82) is 0 Å². The molecule has 5 nitrogen and oxygen atoms in total. The van der Waals surface area contributed by atoms with Crippen LogP contribution in [0.15, 0.2) is 24.3 Å². The fourth-order valence-electron chi connectivity index (χ4n) is 1.44. The molecule has 18 heavy (non-hydrogen) atoms. The fourth-order valence-corrected chi connectivity index (χ4v) is 1.44. The molecule has 0 aromatic heterocycles. The third kappa shape index (κ3) is 4.08. The summed E-state index contributed by atoms with van der Waals surface area (Å²) in [6.45, 7) is -0.0424. The molecule has 1 rings (SSSR count). The van der Waals surface area contributed by atoms with Crippen LogP contribution in [0.1, 0.15) is 5.56 Å². The van der Waals surface area contributed by atoms with E-state index in [1.54, 1.807) is 20.2 Å². The molecule has 0 N–H and O–H groups in total. The van der Waals surface area contributed by atoms with E-state index in [1.165, 1.54) is 12.0 Å². The summed E-state index contributed by atoms with van der Waals surface area (Å²) < 4.78 is 9.58. The zero-order valence-electron chi connectivity index (χ0n) is 10.8. The Morgan fingerprint density at radius 2 is 2.00 bits per heavy atom. The zero-order valence-corrected chi connectivity index (χ0v) is 10.8. The first-order valence-corrected chi connectivity index (χ1v) is 5.50. The Morgan fingerprint density at radius 1 is 1.28 bits per heavy atom. The van der Waals surface area contributed by atoms with E-state index < -0.39 is 5.97 Å². The quantitative estimate of drug-likeness (QED) is 0.729. The number of likely N-dealkylation sites (N-methyl/N-ethyl adjacent to an activating group) is 1. The molecule has 0 aliphatic carbocycles. The topological polar surface area (TPSA) is 55.8 Å². The van der Waals surface area contributed by atoms with Crippen molar-refractivity contribution in [2.75, 3.05) is 27.8 Å². The molecule has 0 bridgehead atoms. The number of carbonyl (C=O) groups excluding carboxylic acids is 2. The first-order chi connectivity index (χ1) is 8.56. The van der Waals surface area contributed by atoms with Crippen LogP contribution in [0.3, 0.4) is 0 Å². The molecule has 0 spiro atoms. The Bertz CT molecular complexity index is 431. The fraction of sp³-hybridized carbons (Fsp3) is 0.385. The normalized spacial score (nSPS) is 9.72. The van der Waals surface area contributed by atoms with Gasteiger partial charge in [-0.3, -0.25) is 9.59 Å². The van der Waals surface area contributed by atoms with Crippen LogP contribution < -0.4 is 4.74 Å². The standard InChI is InChI=1S/C13H17NO4/c1-14(9-13(16)18-3)12(15)8-10-5-4-6-11(7-10)17-2/h4-7H,8-9H2,1-3H3. The van der Waals surface area contributed by atoms with E-state index in [2.05, 4.69) is 4.74 Å². The van der Waals surface area contributed by atoms with Crippen LogP contribution in [0.4, 0.5) is 0 Å². The SMILES string of the molecule is COC(=O)CN(C)C(=O)Cc1cccc(OC)c1. The Labute approximate surface area is 106 Å². The minimum atomic E-state index is -0.434. The van der Waals surface area contributed by atoms with E-state index >= 15 is 0 Å². The largest absolute Gasteiger partial charge is 0.497 e.